The zero-order chi connectivity index (χ0) is 12.1. The molecule has 0 aromatic heterocycles. The summed E-state index contributed by atoms with van der Waals surface area (Å²) in [7, 11) is 0. The molecule has 0 aromatic carbocycles. The first-order valence-corrected chi connectivity index (χ1v) is 7.32. The Kier molecular flexibility index (Phi) is 5.26. The predicted octanol–water partition coefficient (Wildman–Crippen LogP) is 2.08. The Bertz CT molecular complexity index is 220. The monoisotopic (exact) mass is 241 g/mol. The van der Waals surface area contributed by atoms with E-state index in [-0.39, 0.29) is 6.10 Å². The van der Waals surface area contributed by atoms with Crippen LogP contribution in [-0.4, -0.2) is 36.5 Å². The van der Waals surface area contributed by atoms with Crippen LogP contribution in [0.5, 0.6) is 0 Å². The molecule has 4 atom stereocenters. The van der Waals surface area contributed by atoms with Crippen molar-refractivity contribution in [1.29, 1.82) is 0 Å². The van der Waals surface area contributed by atoms with Crippen molar-refractivity contribution in [3.05, 3.63) is 0 Å². The maximum atomic E-state index is 9.79. The summed E-state index contributed by atoms with van der Waals surface area (Å²) in [4.78, 5) is 0. The topological polar surface area (TPSA) is 41.5 Å². The fourth-order valence-electron chi connectivity index (χ4n) is 3.16. The van der Waals surface area contributed by atoms with Crippen molar-refractivity contribution in [3.63, 3.8) is 0 Å². The molecule has 0 aromatic rings. The molecule has 0 bridgehead atoms. The van der Waals surface area contributed by atoms with E-state index in [9.17, 15) is 5.11 Å². The molecule has 2 rings (SSSR count). The molecule has 1 aliphatic heterocycles. The van der Waals surface area contributed by atoms with Gasteiger partial charge in [0.25, 0.3) is 0 Å². The second-order valence-corrected chi connectivity index (χ2v) is 5.67. The number of nitrogens with one attached hydrogen (secondary N) is 1. The van der Waals surface area contributed by atoms with Gasteiger partial charge in [-0.15, -0.1) is 0 Å². The zero-order valence-electron chi connectivity index (χ0n) is 11.0. The highest BCUT2D eigenvalue weighted by atomic mass is 16.5. The van der Waals surface area contributed by atoms with E-state index in [2.05, 4.69) is 12.2 Å². The average molecular weight is 241 g/mol. The van der Waals surface area contributed by atoms with Crippen LogP contribution in [0.3, 0.4) is 0 Å². The third kappa shape index (κ3) is 3.94. The molecular weight excluding hydrogens is 214 g/mol. The number of aliphatic hydroxyl groups is 1. The van der Waals surface area contributed by atoms with Gasteiger partial charge in [0.2, 0.25) is 0 Å². The van der Waals surface area contributed by atoms with E-state index in [0.717, 1.165) is 32.4 Å². The Hall–Kier alpha value is -0.120. The van der Waals surface area contributed by atoms with Gasteiger partial charge in [0.05, 0.1) is 12.2 Å². The van der Waals surface area contributed by atoms with Crippen molar-refractivity contribution in [2.45, 2.75) is 70.1 Å². The van der Waals surface area contributed by atoms with E-state index in [1.165, 1.54) is 25.7 Å². The smallest absolute Gasteiger partial charge is 0.0589 e. The Labute approximate surface area is 105 Å². The van der Waals surface area contributed by atoms with Gasteiger partial charge in [-0.25, -0.2) is 0 Å². The van der Waals surface area contributed by atoms with E-state index >= 15 is 0 Å². The van der Waals surface area contributed by atoms with Gasteiger partial charge in [0.15, 0.2) is 0 Å². The molecule has 0 amide bonds. The van der Waals surface area contributed by atoms with Gasteiger partial charge in [-0.2, -0.15) is 0 Å². The first-order chi connectivity index (χ1) is 8.29. The van der Waals surface area contributed by atoms with Gasteiger partial charge in [0, 0.05) is 19.2 Å². The average Bonchev–Trinajstić information content (AvgIpc) is 2.73. The SMILES string of the molecule is CCCC1CC(NCC2CCCC2O)CCO1. The minimum absolute atomic E-state index is 0.0613. The molecule has 2 aliphatic rings. The Morgan fingerprint density at radius 2 is 2.18 bits per heavy atom. The number of aliphatic hydroxyl groups excluding tert-OH is 1. The summed E-state index contributed by atoms with van der Waals surface area (Å²) in [5, 5.41) is 13.4. The van der Waals surface area contributed by atoms with Crippen LogP contribution in [0, 0.1) is 5.92 Å². The molecule has 4 unspecified atom stereocenters. The zero-order valence-corrected chi connectivity index (χ0v) is 11.0. The van der Waals surface area contributed by atoms with E-state index in [1.54, 1.807) is 0 Å². The summed E-state index contributed by atoms with van der Waals surface area (Å²) >= 11 is 0. The third-order valence-corrected chi connectivity index (χ3v) is 4.27. The van der Waals surface area contributed by atoms with Crippen LogP contribution in [0.4, 0.5) is 0 Å². The molecule has 1 aliphatic carbocycles. The molecule has 1 saturated carbocycles. The van der Waals surface area contributed by atoms with Gasteiger partial charge in [-0.1, -0.05) is 19.8 Å². The van der Waals surface area contributed by atoms with Gasteiger partial charge in [-0.05, 0) is 38.0 Å². The number of hydrogen-bond acceptors (Lipinski definition) is 3. The summed E-state index contributed by atoms with van der Waals surface area (Å²) in [5.41, 5.74) is 0. The molecule has 17 heavy (non-hydrogen) atoms. The fourth-order valence-corrected chi connectivity index (χ4v) is 3.16. The minimum atomic E-state index is -0.0613. The third-order valence-electron chi connectivity index (χ3n) is 4.27. The summed E-state index contributed by atoms with van der Waals surface area (Å²) in [6.07, 6.45) is 8.45. The van der Waals surface area contributed by atoms with E-state index in [0.29, 0.717) is 18.1 Å². The van der Waals surface area contributed by atoms with Crippen LogP contribution in [0.25, 0.3) is 0 Å². The number of hydrogen-bond donors (Lipinski definition) is 2. The predicted molar refractivity (Wildman–Crippen MR) is 69.0 cm³/mol. The highest BCUT2D eigenvalue weighted by Crippen LogP contribution is 2.25. The van der Waals surface area contributed by atoms with Gasteiger partial charge < -0.3 is 15.2 Å². The normalized spacial score (nSPS) is 38.5. The first kappa shape index (κ1) is 13.3. The van der Waals surface area contributed by atoms with Gasteiger partial charge >= 0.3 is 0 Å². The van der Waals surface area contributed by atoms with Crippen LogP contribution in [0.2, 0.25) is 0 Å². The summed E-state index contributed by atoms with van der Waals surface area (Å²) < 4.78 is 5.75. The summed E-state index contributed by atoms with van der Waals surface area (Å²) in [5.74, 6) is 0.488. The Morgan fingerprint density at radius 3 is 2.88 bits per heavy atom. The first-order valence-electron chi connectivity index (χ1n) is 7.32. The van der Waals surface area contributed by atoms with Gasteiger partial charge in [0.1, 0.15) is 0 Å². The van der Waals surface area contributed by atoms with E-state index in [4.69, 9.17) is 4.74 Å². The van der Waals surface area contributed by atoms with E-state index in [1.807, 2.05) is 0 Å². The Morgan fingerprint density at radius 1 is 1.29 bits per heavy atom. The maximum absolute atomic E-state index is 9.79. The molecule has 100 valence electrons. The molecule has 3 heteroatoms. The lowest BCUT2D eigenvalue weighted by molar-refractivity contribution is -0.00455. The van der Waals surface area contributed by atoms with E-state index < -0.39 is 0 Å². The lowest BCUT2D eigenvalue weighted by Gasteiger charge is -2.31. The van der Waals surface area contributed by atoms with Crippen molar-refractivity contribution in [2.24, 2.45) is 5.92 Å². The van der Waals surface area contributed by atoms with Crippen LogP contribution in [0.15, 0.2) is 0 Å². The Balaban J connectivity index is 1.67. The molecule has 0 radical (unpaired) electrons. The van der Waals surface area contributed by atoms with Crippen LogP contribution in [-0.2, 0) is 4.74 Å². The maximum Gasteiger partial charge on any atom is 0.0589 e. The molecule has 1 saturated heterocycles. The number of ether oxygens (including phenoxy) is 1. The molecule has 2 N–H and O–H groups in total. The van der Waals surface area contributed by atoms with Crippen molar-refractivity contribution < 1.29 is 9.84 Å². The largest absolute Gasteiger partial charge is 0.393 e. The van der Waals surface area contributed by atoms with Crippen LogP contribution >= 0.6 is 0 Å². The second kappa shape index (κ2) is 6.72. The quantitative estimate of drug-likeness (QED) is 0.774. The molecule has 0 spiro atoms. The second-order valence-electron chi connectivity index (χ2n) is 5.67. The van der Waals surface area contributed by atoms with Crippen molar-refractivity contribution in [3.8, 4) is 0 Å². The standard InChI is InChI=1S/C14H27NO2/c1-2-4-13-9-12(7-8-17-13)15-10-11-5-3-6-14(11)16/h11-16H,2-10H2,1H3. The van der Waals surface area contributed by atoms with Crippen LogP contribution < -0.4 is 5.32 Å². The number of rotatable bonds is 5. The lowest BCUT2D eigenvalue weighted by atomic mass is 9.98. The van der Waals surface area contributed by atoms with Crippen molar-refractivity contribution in [2.75, 3.05) is 13.2 Å². The lowest BCUT2D eigenvalue weighted by Crippen LogP contribution is -2.42. The summed E-state index contributed by atoms with van der Waals surface area (Å²) in [6, 6.07) is 0.605. The summed E-state index contributed by atoms with van der Waals surface area (Å²) in [6.45, 7) is 4.11. The molecule has 3 nitrogen and oxygen atoms in total. The van der Waals surface area contributed by atoms with Gasteiger partial charge in [-0.3, -0.25) is 0 Å². The highest BCUT2D eigenvalue weighted by Gasteiger charge is 2.27. The van der Waals surface area contributed by atoms with Crippen LogP contribution in [0.1, 0.15) is 51.9 Å². The van der Waals surface area contributed by atoms with Crippen molar-refractivity contribution >= 4 is 0 Å². The van der Waals surface area contributed by atoms with Crippen molar-refractivity contribution in [1.82, 2.24) is 5.32 Å². The molecule has 2 fully saturated rings. The molecule has 1 heterocycles. The fraction of sp³-hybridized carbons (Fsp3) is 1.00. The minimum Gasteiger partial charge on any atom is -0.393 e. The molecular formula is C14H27NO2. The highest BCUT2D eigenvalue weighted by molar-refractivity contribution is 4.82.